The molecule has 0 atom stereocenters. The zero-order chi connectivity index (χ0) is 15.5. The van der Waals surface area contributed by atoms with Gasteiger partial charge in [0.05, 0.1) is 0 Å². The fraction of sp³-hybridized carbons (Fsp3) is 0. The third kappa shape index (κ3) is 2.84. The highest BCUT2D eigenvalue weighted by atomic mass is 32.1. The first kappa shape index (κ1) is 14.0. The minimum atomic E-state index is 1.25. The lowest BCUT2D eigenvalue weighted by Gasteiger charge is -2.10. The normalized spacial score (nSPS) is 10.6. The van der Waals surface area contributed by atoms with Crippen LogP contribution in [0.3, 0.4) is 0 Å². The van der Waals surface area contributed by atoms with Crippen LogP contribution < -0.4 is 0 Å². The summed E-state index contributed by atoms with van der Waals surface area (Å²) in [6.45, 7) is 0. The minimum Gasteiger partial charge on any atom is -0.152 e. The first-order valence-electron chi connectivity index (χ1n) is 7.69. The molecule has 0 fully saturated rings. The van der Waals surface area contributed by atoms with Crippen LogP contribution in [0.15, 0.2) is 95.7 Å². The van der Waals surface area contributed by atoms with Crippen LogP contribution in [0.2, 0.25) is 0 Å². The van der Waals surface area contributed by atoms with Crippen molar-refractivity contribution in [2.75, 3.05) is 0 Å². The first-order chi connectivity index (χ1) is 11.4. The molecular weight excluding hydrogens is 296 g/mol. The van der Waals surface area contributed by atoms with E-state index in [0.29, 0.717) is 0 Å². The Morgan fingerprint density at radius 3 is 1.61 bits per heavy atom. The van der Waals surface area contributed by atoms with Gasteiger partial charge in [-0.3, -0.25) is 0 Å². The molecule has 1 heteroatoms. The van der Waals surface area contributed by atoms with E-state index in [1.54, 1.807) is 11.3 Å². The van der Waals surface area contributed by atoms with Crippen LogP contribution in [0.4, 0.5) is 0 Å². The molecule has 1 heterocycles. The van der Waals surface area contributed by atoms with E-state index in [-0.39, 0.29) is 0 Å². The molecule has 0 radical (unpaired) electrons. The summed E-state index contributed by atoms with van der Waals surface area (Å²) in [4.78, 5) is 0. The SMILES string of the molecule is c1ccc(-c2ccccc2-c2ccc(-c3ccsc3)cc2)cc1. The molecule has 0 nitrogen and oxygen atoms in total. The molecule has 0 saturated heterocycles. The van der Waals surface area contributed by atoms with Crippen molar-refractivity contribution >= 4 is 11.3 Å². The second-order valence-electron chi connectivity index (χ2n) is 5.50. The average molecular weight is 312 g/mol. The molecule has 3 aromatic carbocycles. The fourth-order valence-corrected chi connectivity index (χ4v) is 3.54. The second kappa shape index (κ2) is 6.23. The van der Waals surface area contributed by atoms with E-state index in [2.05, 4.69) is 95.7 Å². The summed E-state index contributed by atoms with van der Waals surface area (Å²) in [5, 5.41) is 4.31. The quantitative estimate of drug-likeness (QED) is 0.392. The van der Waals surface area contributed by atoms with Crippen molar-refractivity contribution in [1.29, 1.82) is 0 Å². The molecule has 4 aromatic rings. The molecule has 0 aliphatic rings. The molecule has 110 valence electrons. The molecule has 0 amide bonds. The predicted molar refractivity (Wildman–Crippen MR) is 101 cm³/mol. The Bertz CT molecular complexity index is 888. The van der Waals surface area contributed by atoms with Crippen LogP contribution in [0.1, 0.15) is 0 Å². The van der Waals surface area contributed by atoms with E-state index in [4.69, 9.17) is 0 Å². The highest BCUT2D eigenvalue weighted by Gasteiger charge is 2.07. The van der Waals surface area contributed by atoms with Gasteiger partial charge in [0.15, 0.2) is 0 Å². The topological polar surface area (TPSA) is 0 Å². The van der Waals surface area contributed by atoms with Crippen LogP contribution >= 0.6 is 11.3 Å². The van der Waals surface area contributed by atoms with Crippen LogP contribution in [-0.4, -0.2) is 0 Å². The molecule has 0 bridgehead atoms. The third-order valence-electron chi connectivity index (χ3n) is 4.06. The van der Waals surface area contributed by atoms with Crippen LogP contribution in [-0.2, 0) is 0 Å². The summed E-state index contributed by atoms with van der Waals surface area (Å²) in [6, 6.07) is 30.2. The van der Waals surface area contributed by atoms with Crippen molar-refractivity contribution in [2.45, 2.75) is 0 Å². The van der Waals surface area contributed by atoms with Gasteiger partial charge in [-0.2, -0.15) is 11.3 Å². The zero-order valence-corrected chi connectivity index (χ0v) is 13.5. The number of hydrogen-bond acceptors (Lipinski definition) is 1. The van der Waals surface area contributed by atoms with E-state index in [0.717, 1.165) is 0 Å². The van der Waals surface area contributed by atoms with Crippen LogP contribution in [0.5, 0.6) is 0 Å². The van der Waals surface area contributed by atoms with Gasteiger partial charge in [0.1, 0.15) is 0 Å². The van der Waals surface area contributed by atoms with E-state index < -0.39 is 0 Å². The van der Waals surface area contributed by atoms with E-state index in [1.807, 2.05) is 0 Å². The van der Waals surface area contributed by atoms with Gasteiger partial charge in [0.2, 0.25) is 0 Å². The summed E-state index contributed by atoms with van der Waals surface area (Å²) in [5.74, 6) is 0. The van der Waals surface area contributed by atoms with Gasteiger partial charge in [-0.05, 0) is 50.2 Å². The maximum atomic E-state index is 2.22. The van der Waals surface area contributed by atoms with Crippen molar-refractivity contribution < 1.29 is 0 Å². The summed E-state index contributed by atoms with van der Waals surface area (Å²) in [7, 11) is 0. The maximum absolute atomic E-state index is 2.22. The van der Waals surface area contributed by atoms with Gasteiger partial charge >= 0.3 is 0 Å². The predicted octanol–water partition coefficient (Wildman–Crippen LogP) is 6.75. The van der Waals surface area contributed by atoms with Crippen molar-refractivity contribution in [3.63, 3.8) is 0 Å². The van der Waals surface area contributed by atoms with E-state index >= 15 is 0 Å². The Kier molecular flexibility index (Phi) is 3.79. The zero-order valence-electron chi connectivity index (χ0n) is 12.6. The molecular formula is C22H16S. The lowest BCUT2D eigenvalue weighted by molar-refractivity contribution is 1.58. The average Bonchev–Trinajstić information content (AvgIpc) is 3.17. The number of benzene rings is 3. The van der Waals surface area contributed by atoms with E-state index in [9.17, 15) is 0 Å². The Balaban J connectivity index is 1.77. The van der Waals surface area contributed by atoms with Gasteiger partial charge in [-0.1, -0.05) is 78.9 Å². The van der Waals surface area contributed by atoms with Crippen LogP contribution in [0.25, 0.3) is 33.4 Å². The van der Waals surface area contributed by atoms with Crippen molar-refractivity contribution in [3.8, 4) is 33.4 Å². The molecule has 0 aliphatic heterocycles. The van der Waals surface area contributed by atoms with E-state index in [1.165, 1.54) is 33.4 Å². The molecule has 23 heavy (non-hydrogen) atoms. The Hall–Kier alpha value is -2.64. The lowest BCUT2D eigenvalue weighted by atomic mass is 9.94. The summed E-state index contributed by atoms with van der Waals surface area (Å²) >= 11 is 1.73. The third-order valence-corrected chi connectivity index (χ3v) is 4.75. The molecule has 0 spiro atoms. The maximum Gasteiger partial charge on any atom is -0.00147 e. The highest BCUT2D eigenvalue weighted by Crippen LogP contribution is 2.33. The summed E-state index contributed by atoms with van der Waals surface area (Å²) in [5.41, 5.74) is 7.62. The van der Waals surface area contributed by atoms with Gasteiger partial charge in [-0.15, -0.1) is 0 Å². The molecule has 0 unspecified atom stereocenters. The fourth-order valence-electron chi connectivity index (χ4n) is 2.88. The monoisotopic (exact) mass is 312 g/mol. The number of hydrogen-bond donors (Lipinski definition) is 0. The Labute approximate surface area is 140 Å². The minimum absolute atomic E-state index is 1.25. The Morgan fingerprint density at radius 2 is 1.00 bits per heavy atom. The van der Waals surface area contributed by atoms with Crippen LogP contribution in [0, 0.1) is 0 Å². The van der Waals surface area contributed by atoms with Gasteiger partial charge in [-0.25, -0.2) is 0 Å². The highest BCUT2D eigenvalue weighted by molar-refractivity contribution is 7.08. The van der Waals surface area contributed by atoms with Gasteiger partial charge < -0.3 is 0 Å². The van der Waals surface area contributed by atoms with Gasteiger partial charge in [0, 0.05) is 0 Å². The van der Waals surface area contributed by atoms with Gasteiger partial charge in [0.25, 0.3) is 0 Å². The largest absolute Gasteiger partial charge is 0.152 e. The van der Waals surface area contributed by atoms with Crippen molar-refractivity contribution in [3.05, 3.63) is 95.7 Å². The Morgan fingerprint density at radius 1 is 0.435 bits per heavy atom. The number of thiophene rings is 1. The molecule has 0 aliphatic carbocycles. The summed E-state index contributed by atoms with van der Waals surface area (Å²) in [6.07, 6.45) is 0. The van der Waals surface area contributed by atoms with Crippen molar-refractivity contribution in [1.82, 2.24) is 0 Å². The molecule has 1 aromatic heterocycles. The summed E-state index contributed by atoms with van der Waals surface area (Å²) < 4.78 is 0. The van der Waals surface area contributed by atoms with Crippen molar-refractivity contribution in [2.24, 2.45) is 0 Å². The first-order valence-corrected chi connectivity index (χ1v) is 8.63. The lowest BCUT2D eigenvalue weighted by Crippen LogP contribution is -1.85. The molecule has 0 N–H and O–H groups in total. The standard InChI is InChI=1S/C22H16S/c1-2-6-18(7-3-1)21-8-4-5-9-22(21)19-12-10-17(11-13-19)20-14-15-23-16-20/h1-16H. The second-order valence-corrected chi connectivity index (χ2v) is 6.28. The smallest absolute Gasteiger partial charge is 0.00147 e. The number of rotatable bonds is 3. The molecule has 4 rings (SSSR count). The molecule has 0 saturated carbocycles.